The first kappa shape index (κ1) is 18.5. The standard InChI is InChI=1S/C16H18N4O4S/c1-10(21)17-14-6-7-16(20-19-14)25-9-15(22)18-12-5-4-11(23-2)8-13(12)24-3/h4-8H,9H2,1-3H3,(H,18,22)(H,17,19,21). The number of benzene rings is 1. The van der Waals surface area contributed by atoms with Crippen molar-refractivity contribution in [3.63, 3.8) is 0 Å². The molecule has 2 N–H and O–H groups in total. The minimum atomic E-state index is -0.220. The third kappa shape index (κ3) is 5.64. The molecule has 132 valence electrons. The van der Waals surface area contributed by atoms with E-state index in [1.54, 1.807) is 37.4 Å². The van der Waals surface area contributed by atoms with Gasteiger partial charge in [-0.05, 0) is 24.3 Å². The molecule has 25 heavy (non-hydrogen) atoms. The van der Waals surface area contributed by atoms with E-state index in [1.807, 2.05) is 0 Å². The molecule has 0 radical (unpaired) electrons. The van der Waals surface area contributed by atoms with Crippen LogP contribution < -0.4 is 20.1 Å². The van der Waals surface area contributed by atoms with Crippen LogP contribution in [0.2, 0.25) is 0 Å². The van der Waals surface area contributed by atoms with Crippen molar-refractivity contribution in [1.82, 2.24) is 10.2 Å². The van der Waals surface area contributed by atoms with Gasteiger partial charge in [-0.3, -0.25) is 9.59 Å². The van der Waals surface area contributed by atoms with Gasteiger partial charge in [0.2, 0.25) is 11.8 Å². The van der Waals surface area contributed by atoms with Gasteiger partial charge >= 0.3 is 0 Å². The molecule has 2 rings (SSSR count). The zero-order valence-corrected chi connectivity index (χ0v) is 14.8. The number of hydrogen-bond acceptors (Lipinski definition) is 7. The molecule has 0 fully saturated rings. The van der Waals surface area contributed by atoms with E-state index < -0.39 is 0 Å². The molecule has 0 saturated heterocycles. The van der Waals surface area contributed by atoms with Crippen LogP contribution >= 0.6 is 11.8 Å². The number of hydrogen-bond donors (Lipinski definition) is 2. The van der Waals surface area contributed by atoms with Crippen LogP contribution in [0.1, 0.15) is 6.92 Å². The van der Waals surface area contributed by atoms with Gasteiger partial charge in [0.1, 0.15) is 16.5 Å². The van der Waals surface area contributed by atoms with Gasteiger partial charge in [0.05, 0.1) is 25.7 Å². The minimum absolute atomic E-state index is 0.156. The van der Waals surface area contributed by atoms with Crippen molar-refractivity contribution in [3.05, 3.63) is 30.3 Å². The summed E-state index contributed by atoms with van der Waals surface area (Å²) >= 11 is 1.23. The second kappa shape index (κ2) is 8.88. The summed E-state index contributed by atoms with van der Waals surface area (Å²) in [5, 5.41) is 13.7. The predicted molar refractivity (Wildman–Crippen MR) is 95.2 cm³/mol. The molecule has 2 amide bonds. The maximum absolute atomic E-state index is 12.1. The van der Waals surface area contributed by atoms with Crippen LogP contribution in [0.15, 0.2) is 35.4 Å². The van der Waals surface area contributed by atoms with Gasteiger partial charge in [0.15, 0.2) is 5.82 Å². The molecule has 1 aromatic heterocycles. The molecular formula is C16H18N4O4S. The highest BCUT2D eigenvalue weighted by Gasteiger charge is 2.10. The zero-order chi connectivity index (χ0) is 18.2. The number of aromatic nitrogens is 2. The van der Waals surface area contributed by atoms with Gasteiger partial charge in [-0.2, -0.15) is 0 Å². The molecule has 0 unspecified atom stereocenters. The molecule has 9 heteroatoms. The van der Waals surface area contributed by atoms with Gasteiger partial charge in [-0.1, -0.05) is 11.8 Å². The van der Waals surface area contributed by atoms with Gasteiger partial charge < -0.3 is 20.1 Å². The number of carbonyl (C=O) groups is 2. The van der Waals surface area contributed by atoms with E-state index in [0.29, 0.717) is 28.0 Å². The molecule has 8 nitrogen and oxygen atoms in total. The first-order valence-corrected chi connectivity index (χ1v) is 8.26. The van der Waals surface area contributed by atoms with E-state index in [2.05, 4.69) is 20.8 Å². The molecule has 1 aromatic carbocycles. The Morgan fingerprint density at radius 1 is 1.08 bits per heavy atom. The lowest BCUT2D eigenvalue weighted by Gasteiger charge is -2.11. The smallest absolute Gasteiger partial charge is 0.234 e. The van der Waals surface area contributed by atoms with E-state index in [4.69, 9.17) is 9.47 Å². The average molecular weight is 362 g/mol. The summed E-state index contributed by atoms with van der Waals surface area (Å²) in [6.45, 7) is 1.39. The Balaban J connectivity index is 1.91. The Morgan fingerprint density at radius 2 is 1.88 bits per heavy atom. The van der Waals surface area contributed by atoms with Crippen LogP contribution in [0.25, 0.3) is 0 Å². The predicted octanol–water partition coefficient (Wildman–Crippen LogP) is 2.18. The highest BCUT2D eigenvalue weighted by atomic mass is 32.2. The molecule has 0 atom stereocenters. The van der Waals surface area contributed by atoms with Gasteiger partial charge in [-0.15, -0.1) is 10.2 Å². The first-order chi connectivity index (χ1) is 12.0. The number of amides is 2. The summed E-state index contributed by atoms with van der Waals surface area (Å²) in [4.78, 5) is 23.0. The number of carbonyl (C=O) groups excluding carboxylic acids is 2. The molecule has 2 aromatic rings. The molecule has 0 aliphatic carbocycles. The van der Waals surface area contributed by atoms with Crippen LogP contribution in [-0.4, -0.2) is 42.0 Å². The number of ether oxygens (including phenoxy) is 2. The van der Waals surface area contributed by atoms with E-state index >= 15 is 0 Å². The molecule has 0 aliphatic rings. The average Bonchev–Trinajstić information content (AvgIpc) is 2.61. The van der Waals surface area contributed by atoms with Gasteiger partial charge in [0, 0.05) is 13.0 Å². The normalized spacial score (nSPS) is 10.0. The Bertz CT molecular complexity index is 752. The summed E-state index contributed by atoms with van der Waals surface area (Å²) in [5.41, 5.74) is 0.556. The van der Waals surface area contributed by atoms with E-state index in [-0.39, 0.29) is 17.6 Å². The topological polar surface area (TPSA) is 102 Å². The number of methoxy groups -OCH3 is 2. The van der Waals surface area contributed by atoms with Crippen LogP contribution in [-0.2, 0) is 9.59 Å². The van der Waals surface area contributed by atoms with Crippen molar-refractivity contribution in [2.75, 3.05) is 30.6 Å². The Hall–Kier alpha value is -2.81. The summed E-state index contributed by atoms with van der Waals surface area (Å²) in [6, 6.07) is 8.44. The van der Waals surface area contributed by atoms with Crippen LogP contribution in [0, 0.1) is 0 Å². The van der Waals surface area contributed by atoms with Gasteiger partial charge in [-0.25, -0.2) is 0 Å². The lowest BCUT2D eigenvalue weighted by molar-refractivity contribution is -0.114. The van der Waals surface area contributed by atoms with Crippen LogP contribution in [0.5, 0.6) is 11.5 Å². The summed E-state index contributed by atoms with van der Waals surface area (Å²) in [5.74, 6) is 1.24. The van der Waals surface area contributed by atoms with E-state index in [1.165, 1.54) is 25.8 Å². The molecular weight excluding hydrogens is 344 g/mol. The Morgan fingerprint density at radius 3 is 2.48 bits per heavy atom. The van der Waals surface area contributed by atoms with Crippen molar-refractivity contribution >= 4 is 35.1 Å². The van der Waals surface area contributed by atoms with Crippen molar-refractivity contribution in [3.8, 4) is 11.5 Å². The summed E-state index contributed by atoms with van der Waals surface area (Å²) < 4.78 is 10.4. The summed E-state index contributed by atoms with van der Waals surface area (Å²) in [7, 11) is 3.08. The van der Waals surface area contributed by atoms with E-state index in [0.717, 1.165) is 0 Å². The fraction of sp³-hybridized carbons (Fsp3) is 0.250. The van der Waals surface area contributed by atoms with Crippen LogP contribution in [0.4, 0.5) is 11.5 Å². The fourth-order valence-electron chi connectivity index (χ4n) is 1.87. The molecule has 0 aliphatic heterocycles. The quantitative estimate of drug-likeness (QED) is 0.728. The largest absolute Gasteiger partial charge is 0.497 e. The zero-order valence-electron chi connectivity index (χ0n) is 14.0. The number of anilines is 2. The maximum atomic E-state index is 12.1. The third-order valence-corrected chi connectivity index (χ3v) is 3.90. The Kier molecular flexibility index (Phi) is 6.58. The number of nitrogens with zero attached hydrogens (tertiary/aromatic N) is 2. The maximum Gasteiger partial charge on any atom is 0.234 e. The highest BCUT2D eigenvalue weighted by molar-refractivity contribution is 7.99. The second-order valence-electron chi connectivity index (χ2n) is 4.84. The molecule has 0 spiro atoms. The van der Waals surface area contributed by atoms with Crippen molar-refractivity contribution in [2.45, 2.75) is 11.9 Å². The second-order valence-corrected chi connectivity index (χ2v) is 5.84. The SMILES string of the molecule is COc1ccc(NC(=O)CSc2ccc(NC(C)=O)nn2)c(OC)c1. The van der Waals surface area contributed by atoms with Crippen molar-refractivity contribution in [2.24, 2.45) is 0 Å². The van der Waals surface area contributed by atoms with Gasteiger partial charge in [0.25, 0.3) is 0 Å². The molecule has 0 saturated carbocycles. The Labute approximate surface area is 149 Å². The lowest BCUT2D eigenvalue weighted by atomic mass is 10.2. The van der Waals surface area contributed by atoms with E-state index in [9.17, 15) is 9.59 Å². The molecule has 0 bridgehead atoms. The monoisotopic (exact) mass is 362 g/mol. The highest BCUT2D eigenvalue weighted by Crippen LogP contribution is 2.29. The molecule has 1 heterocycles. The third-order valence-electron chi connectivity index (χ3n) is 2.98. The lowest BCUT2D eigenvalue weighted by Crippen LogP contribution is -2.15. The van der Waals surface area contributed by atoms with Crippen molar-refractivity contribution in [1.29, 1.82) is 0 Å². The fourth-order valence-corrected chi connectivity index (χ4v) is 2.49. The van der Waals surface area contributed by atoms with Crippen molar-refractivity contribution < 1.29 is 19.1 Å². The summed E-state index contributed by atoms with van der Waals surface area (Å²) in [6.07, 6.45) is 0. The number of rotatable bonds is 7. The van der Waals surface area contributed by atoms with Crippen LogP contribution in [0.3, 0.4) is 0 Å². The minimum Gasteiger partial charge on any atom is -0.497 e. The first-order valence-electron chi connectivity index (χ1n) is 7.28. The number of nitrogens with one attached hydrogen (secondary N) is 2. The number of thioether (sulfide) groups is 1.